The smallest absolute Gasteiger partial charge is 0.235 e. The summed E-state index contributed by atoms with van der Waals surface area (Å²) in [5.41, 5.74) is 3.59. The Kier molecular flexibility index (Phi) is 8.55. The number of likely N-dealkylation sites (tertiary alicyclic amines) is 1. The molecule has 1 N–H and O–H groups in total. The molecule has 2 aromatic carbocycles. The molecule has 178 valence electrons. The zero-order valence-electron chi connectivity index (χ0n) is 20.2. The van der Waals surface area contributed by atoms with Crippen molar-refractivity contribution >= 4 is 29.0 Å². The van der Waals surface area contributed by atoms with Crippen LogP contribution >= 0.6 is 11.6 Å². The number of carbonyl (C=O) groups excluding carboxylic acids is 2. The van der Waals surface area contributed by atoms with E-state index in [1.54, 1.807) is 6.92 Å². The molecule has 0 radical (unpaired) electrons. The van der Waals surface area contributed by atoms with Crippen LogP contribution in [0.25, 0.3) is 0 Å². The van der Waals surface area contributed by atoms with Gasteiger partial charge < -0.3 is 10.1 Å². The number of anilines is 1. The molecule has 0 aromatic heterocycles. The van der Waals surface area contributed by atoms with Gasteiger partial charge in [-0.1, -0.05) is 37.9 Å². The van der Waals surface area contributed by atoms with Crippen molar-refractivity contribution in [2.45, 2.75) is 58.8 Å². The lowest BCUT2D eigenvalue weighted by atomic mass is 9.73. The Balaban J connectivity index is 0.000000968. The van der Waals surface area contributed by atoms with Crippen LogP contribution in [0.15, 0.2) is 36.4 Å². The fourth-order valence-corrected chi connectivity index (χ4v) is 4.70. The fourth-order valence-electron chi connectivity index (χ4n) is 4.53. The average molecular weight is 471 g/mol. The minimum absolute atomic E-state index is 0.0910. The summed E-state index contributed by atoms with van der Waals surface area (Å²) in [7, 11) is 0. The molecule has 33 heavy (non-hydrogen) atoms. The molecule has 6 heteroatoms. The van der Waals surface area contributed by atoms with Gasteiger partial charge in [0.2, 0.25) is 5.91 Å². The van der Waals surface area contributed by atoms with Crippen LogP contribution in [-0.2, 0) is 21.4 Å². The molecule has 1 spiro atoms. The molecule has 4 rings (SSSR count). The van der Waals surface area contributed by atoms with E-state index in [1.807, 2.05) is 43.3 Å². The Morgan fingerprint density at radius 3 is 2.52 bits per heavy atom. The maximum atomic E-state index is 12.7. The number of amides is 1. The molecular formula is C27H35ClN2O3. The quantitative estimate of drug-likeness (QED) is 0.600. The van der Waals surface area contributed by atoms with E-state index in [0.29, 0.717) is 18.1 Å². The third-order valence-electron chi connectivity index (χ3n) is 6.33. The molecule has 0 atom stereocenters. The number of aryl methyl sites for hydroxylation is 1. The van der Waals surface area contributed by atoms with Gasteiger partial charge in [0, 0.05) is 23.7 Å². The molecule has 1 amide bonds. The number of hydrogen-bond acceptors (Lipinski definition) is 4. The molecule has 2 aromatic rings. The predicted octanol–water partition coefficient (Wildman–Crippen LogP) is 5.56. The average Bonchev–Trinajstić information content (AvgIpc) is 3.03. The van der Waals surface area contributed by atoms with Crippen molar-refractivity contribution in [2.24, 2.45) is 0 Å². The number of benzene rings is 2. The van der Waals surface area contributed by atoms with E-state index in [2.05, 4.69) is 24.1 Å². The van der Waals surface area contributed by atoms with Gasteiger partial charge in [0.1, 0.15) is 18.1 Å². The van der Waals surface area contributed by atoms with Gasteiger partial charge in [0.15, 0.2) is 0 Å². The van der Waals surface area contributed by atoms with Crippen molar-refractivity contribution in [2.75, 3.05) is 31.6 Å². The molecule has 2 aliphatic heterocycles. The van der Waals surface area contributed by atoms with Crippen LogP contribution in [0.4, 0.5) is 5.69 Å². The molecule has 0 aliphatic carbocycles. The Morgan fingerprint density at radius 1 is 1.15 bits per heavy atom. The number of hydrogen-bond donors (Lipinski definition) is 1. The van der Waals surface area contributed by atoms with E-state index in [1.165, 1.54) is 6.42 Å². The Morgan fingerprint density at radius 2 is 1.85 bits per heavy atom. The molecule has 5 nitrogen and oxygen atoms in total. The monoisotopic (exact) mass is 470 g/mol. The summed E-state index contributed by atoms with van der Waals surface area (Å²) in [5.74, 6) is 1.04. The summed E-state index contributed by atoms with van der Waals surface area (Å²) >= 11 is 6.19. The van der Waals surface area contributed by atoms with E-state index in [9.17, 15) is 9.59 Å². The molecule has 1 saturated heterocycles. The predicted molar refractivity (Wildman–Crippen MR) is 134 cm³/mol. The highest BCUT2D eigenvalue weighted by Crippen LogP contribution is 2.45. The van der Waals surface area contributed by atoms with Crippen molar-refractivity contribution in [3.8, 4) is 5.75 Å². The van der Waals surface area contributed by atoms with E-state index >= 15 is 0 Å². The number of rotatable bonds is 6. The standard InChI is InChI=1S/C24H27ClN2O3.C3H8/c1-16-3-5-20(14-18(16)13-17(2)28)30-12-11-27-9-7-24(8-10-27)21-15-19(25)4-6-22(21)26-23(24)29;1-3-2/h3-6,14-15H,7-13H2,1-2H3,(H,26,29);3H2,1-2H3. The number of halogens is 1. The first-order valence-electron chi connectivity index (χ1n) is 11.8. The van der Waals surface area contributed by atoms with Crippen LogP contribution in [0.3, 0.4) is 0 Å². The molecule has 0 bridgehead atoms. The highest BCUT2D eigenvalue weighted by atomic mass is 35.5. The number of Topliss-reactive ketones (excluding diaryl/α,β-unsaturated/α-hetero) is 1. The van der Waals surface area contributed by atoms with E-state index in [0.717, 1.165) is 60.6 Å². The lowest BCUT2D eigenvalue weighted by molar-refractivity contribution is -0.122. The first-order chi connectivity index (χ1) is 15.8. The summed E-state index contributed by atoms with van der Waals surface area (Å²) < 4.78 is 5.95. The lowest BCUT2D eigenvalue weighted by Gasteiger charge is -2.38. The fraction of sp³-hybridized carbons (Fsp3) is 0.481. The second-order valence-corrected chi connectivity index (χ2v) is 9.53. The van der Waals surface area contributed by atoms with Crippen LogP contribution in [0.1, 0.15) is 56.7 Å². The van der Waals surface area contributed by atoms with E-state index < -0.39 is 5.41 Å². The highest BCUT2D eigenvalue weighted by molar-refractivity contribution is 6.31. The third-order valence-corrected chi connectivity index (χ3v) is 6.56. The first-order valence-corrected chi connectivity index (χ1v) is 12.2. The lowest BCUT2D eigenvalue weighted by Crippen LogP contribution is -2.47. The first kappa shape index (κ1) is 25.3. The van der Waals surface area contributed by atoms with Gasteiger partial charge in [-0.3, -0.25) is 14.5 Å². The van der Waals surface area contributed by atoms with Gasteiger partial charge in [0.25, 0.3) is 0 Å². The molecular weight excluding hydrogens is 436 g/mol. The van der Waals surface area contributed by atoms with Crippen LogP contribution in [-0.4, -0.2) is 42.8 Å². The Hall–Kier alpha value is -2.37. The maximum Gasteiger partial charge on any atom is 0.235 e. The SMILES string of the molecule is CC(=O)Cc1cc(OCCN2CCC3(CC2)C(=O)Nc2ccc(Cl)cc23)ccc1C.CCC. The minimum Gasteiger partial charge on any atom is -0.492 e. The second-order valence-electron chi connectivity index (χ2n) is 9.09. The molecule has 2 aliphatic rings. The van der Waals surface area contributed by atoms with E-state index in [4.69, 9.17) is 16.3 Å². The second kappa shape index (κ2) is 11.2. The van der Waals surface area contributed by atoms with Gasteiger partial charge in [-0.2, -0.15) is 0 Å². The molecule has 2 heterocycles. The van der Waals surface area contributed by atoms with Gasteiger partial charge in [-0.15, -0.1) is 0 Å². The zero-order valence-corrected chi connectivity index (χ0v) is 20.9. The van der Waals surface area contributed by atoms with Crippen LogP contribution in [0.2, 0.25) is 5.02 Å². The molecule has 0 saturated carbocycles. The number of carbonyl (C=O) groups is 2. The normalized spacial score (nSPS) is 16.6. The summed E-state index contributed by atoms with van der Waals surface area (Å²) in [6, 6.07) is 11.6. The van der Waals surface area contributed by atoms with Crippen LogP contribution in [0, 0.1) is 6.92 Å². The van der Waals surface area contributed by atoms with E-state index in [-0.39, 0.29) is 11.7 Å². The minimum atomic E-state index is -0.462. The summed E-state index contributed by atoms with van der Waals surface area (Å²) in [6.45, 7) is 10.9. The number of ether oxygens (including phenoxy) is 1. The number of fused-ring (bicyclic) bond motifs is 2. The summed E-state index contributed by atoms with van der Waals surface area (Å²) in [6.07, 6.45) is 3.24. The van der Waals surface area contributed by atoms with Crippen LogP contribution in [0.5, 0.6) is 5.75 Å². The van der Waals surface area contributed by atoms with Gasteiger partial charge in [-0.25, -0.2) is 0 Å². The number of nitrogens with one attached hydrogen (secondary N) is 1. The van der Waals surface area contributed by atoms with Crippen molar-refractivity contribution < 1.29 is 14.3 Å². The van der Waals surface area contributed by atoms with Crippen molar-refractivity contribution in [1.29, 1.82) is 0 Å². The Labute approximate surface area is 202 Å². The molecule has 0 unspecified atom stereocenters. The zero-order chi connectivity index (χ0) is 24.0. The van der Waals surface area contributed by atoms with Crippen molar-refractivity contribution in [3.05, 3.63) is 58.1 Å². The maximum absolute atomic E-state index is 12.7. The number of nitrogens with zero attached hydrogens (tertiary/aromatic N) is 1. The number of piperidine rings is 1. The third kappa shape index (κ3) is 5.96. The summed E-state index contributed by atoms with van der Waals surface area (Å²) in [5, 5.41) is 3.69. The van der Waals surface area contributed by atoms with Gasteiger partial charge in [-0.05, 0) is 86.8 Å². The van der Waals surface area contributed by atoms with Gasteiger partial charge >= 0.3 is 0 Å². The van der Waals surface area contributed by atoms with Gasteiger partial charge in [0.05, 0.1) is 5.41 Å². The summed E-state index contributed by atoms with van der Waals surface area (Å²) in [4.78, 5) is 26.5. The number of ketones is 1. The topological polar surface area (TPSA) is 58.6 Å². The van der Waals surface area contributed by atoms with Crippen molar-refractivity contribution in [1.82, 2.24) is 4.90 Å². The highest BCUT2D eigenvalue weighted by Gasteiger charge is 2.48. The van der Waals surface area contributed by atoms with Crippen molar-refractivity contribution in [3.63, 3.8) is 0 Å². The largest absolute Gasteiger partial charge is 0.492 e. The van der Waals surface area contributed by atoms with Crippen LogP contribution < -0.4 is 10.1 Å². The molecule has 1 fully saturated rings. The Bertz CT molecular complexity index is 997.